The highest BCUT2D eigenvalue weighted by atomic mass is 16.5. The molecule has 2 heterocycles. The summed E-state index contributed by atoms with van der Waals surface area (Å²) in [7, 11) is 1.72. The third kappa shape index (κ3) is 1.66. The summed E-state index contributed by atoms with van der Waals surface area (Å²) in [6, 6.07) is 4.54. The normalized spacial score (nSPS) is 41.2. The summed E-state index contributed by atoms with van der Waals surface area (Å²) in [6.07, 6.45) is 7.85. The van der Waals surface area contributed by atoms with Crippen LogP contribution in [-0.2, 0) is 11.8 Å². The minimum absolute atomic E-state index is 0.113. The molecule has 3 aliphatic carbocycles. The highest BCUT2D eigenvalue weighted by molar-refractivity contribution is 5.62. The summed E-state index contributed by atoms with van der Waals surface area (Å²) in [5, 5.41) is 12.1. The van der Waals surface area contributed by atoms with Crippen LogP contribution in [0.5, 0.6) is 11.5 Å². The van der Waals surface area contributed by atoms with Crippen LogP contribution < -0.4 is 9.47 Å². The van der Waals surface area contributed by atoms with Crippen LogP contribution in [0.3, 0.4) is 0 Å². The van der Waals surface area contributed by atoms with Crippen molar-refractivity contribution < 1.29 is 14.6 Å². The van der Waals surface area contributed by atoms with Gasteiger partial charge in [-0.25, -0.2) is 0 Å². The summed E-state index contributed by atoms with van der Waals surface area (Å²) >= 11 is 0. The molecule has 0 aromatic heterocycles. The molecule has 1 unspecified atom stereocenters. The average molecular weight is 341 g/mol. The van der Waals surface area contributed by atoms with Crippen molar-refractivity contribution in [3.63, 3.8) is 0 Å². The number of aliphatic hydroxyl groups is 1. The summed E-state index contributed by atoms with van der Waals surface area (Å²) in [5.74, 6) is 2.63. The number of likely N-dealkylation sites (tertiary alicyclic amines) is 1. The fourth-order valence-corrected chi connectivity index (χ4v) is 6.63. The smallest absolute Gasteiger partial charge is 0.165 e. The molecule has 2 aliphatic heterocycles. The predicted octanol–water partition coefficient (Wildman–Crippen LogP) is 2.65. The molecule has 2 bridgehead atoms. The zero-order chi connectivity index (χ0) is 16.8. The van der Waals surface area contributed by atoms with E-state index in [-0.39, 0.29) is 17.6 Å². The first-order valence-corrected chi connectivity index (χ1v) is 10.0. The Labute approximate surface area is 149 Å². The number of ether oxygens (including phenoxy) is 2. The fraction of sp³-hybridized carbons (Fsp3) is 0.714. The Hall–Kier alpha value is -1.26. The lowest BCUT2D eigenvalue weighted by molar-refractivity contribution is -0.185. The third-order valence-electron chi connectivity index (χ3n) is 7.87. The van der Waals surface area contributed by atoms with Crippen LogP contribution in [-0.4, -0.2) is 48.0 Å². The van der Waals surface area contributed by atoms with Gasteiger partial charge in [-0.3, -0.25) is 4.90 Å². The molecule has 4 nitrogen and oxygen atoms in total. The SMILES string of the molecule is COc1ccc2c3c1O[C@@H]1CCC[C@]4(O)C(C2)N(CC2CC2)CC[C@@]314. The zero-order valence-electron chi connectivity index (χ0n) is 15.0. The van der Waals surface area contributed by atoms with Crippen LogP contribution in [0.25, 0.3) is 0 Å². The van der Waals surface area contributed by atoms with Gasteiger partial charge in [-0.1, -0.05) is 6.07 Å². The second-order valence-electron chi connectivity index (χ2n) is 8.93. The van der Waals surface area contributed by atoms with E-state index in [4.69, 9.17) is 9.47 Å². The van der Waals surface area contributed by atoms with Gasteiger partial charge >= 0.3 is 0 Å². The Morgan fingerprint density at radius 1 is 1.28 bits per heavy atom. The summed E-state index contributed by atoms with van der Waals surface area (Å²) in [6.45, 7) is 2.27. The van der Waals surface area contributed by atoms with Crippen LogP contribution >= 0.6 is 0 Å². The molecule has 3 fully saturated rings. The van der Waals surface area contributed by atoms with E-state index in [0.29, 0.717) is 0 Å². The van der Waals surface area contributed by atoms with Gasteiger partial charge in [-0.15, -0.1) is 0 Å². The molecule has 2 saturated carbocycles. The number of hydrogen-bond acceptors (Lipinski definition) is 4. The van der Waals surface area contributed by atoms with Gasteiger partial charge in [0.05, 0.1) is 18.1 Å². The quantitative estimate of drug-likeness (QED) is 0.918. The van der Waals surface area contributed by atoms with Gasteiger partial charge in [0.25, 0.3) is 0 Å². The van der Waals surface area contributed by atoms with E-state index in [1.54, 1.807) is 7.11 Å². The molecule has 1 saturated heterocycles. The van der Waals surface area contributed by atoms with Crippen LogP contribution in [0.1, 0.15) is 49.7 Å². The van der Waals surface area contributed by atoms with E-state index in [2.05, 4.69) is 17.0 Å². The molecule has 1 aromatic carbocycles. The average Bonchev–Trinajstić information content (AvgIpc) is 3.35. The van der Waals surface area contributed by atoms with E-state index in [1.807, 2.05) is 0 Å². The van der Waals surface area contributed by atoms with Gasteiger partial charge in [0.1, 0.15) is 6.10 Å². The van der Waals surface area contributed by atoms with Crippen LogP contribution in [0.15, 0.2) is 12.1 Å². The van der Waals surface area contributed by atoms with Crippen molar-refractivity contribution in [2.45, 2.75) is 68.1 Å². The Morgan fingerprint density at radius 2 is 2.16 bits per heavy atom. The molecule has 5 aliphatic rings. The zero-order valence-corrected chi connectivity index (χ0v) is 15.0. The van der Waals surface area contributed by atoms with Crippen molar-refractivity contribution in [1.82, 2.24) is 4.90 Å². The largest absolute Gasteiger partial charge is 0.493 e. The topological polar surface area (TPSA) is 41.9 Å². The molecule has 0 amide bonds. The lowest BCUT2D eigenvalue weighted by Gasteiger charge is -2.63. The number of hydrogen-bond donors (Lipinski definition) is 1. The summed E-state index contributed by atoms with van der Waals surface area (Å²) in [5.41, 5.74) is 1.82. The first kappa shape index (κ1) is 14.9. The number of benzene rings is 1. The lowest BCUT2D eigenvalue weighted by Crippen LogP contribution is -2.75. The highest BCUT2D eigenvalue weighted by Gasteiger charge is 2.71. The molecular formula is C21H27NO3. The maximum absolute atomic E-state index is 12.1. The standard InChI is InChI=1S/C21H27NO3/c1-24-15-7-6-14-11-16-21(23)8-2-3-17-20(21,18(14)19(15)25-17)9-10-22(16)12-13-4-5-13/h6-7,13,16-17,23H,2-5,8-12H2,1H3/t16?,17-,20+,21+/m1/s1. The van der Waals surface area contributed by atoms with E-state index in [0.717, 1.165) is 56.1 Å². The second-order valence-corrected chi connectivity index (χ2v) is 8.93. The first-order chi connectivity index (χ1) is 12.2. The monoisotopic (exact) mass is 341 g/mol. The molecular weight excluding hydrogens is 314 g/mol. The van der Waals surface area contributed by atoms with Crippen LogP contribution in [0.4, 0.5) is 0 Å². The molecule has 0 radical (unpaired) electrons. The van der Waals surface area contributed by atoms with E-state index in [1.165, 1.54) is 30.5 Å². The number of piperidine rings is 1. The Bertz CT molecular complexity index is 745. The molecule has 4 heteroatoms. The van der Waals surface area contributed by atoms with Crippen LogP contribution in [0, 0.1) is 5.92 Å². The first-order valence-electron chi connectivity index (χ1n) is 10.0. The minimum atomic E-state index is -0.645. The molecule has 134 valence electrons. The van der Waals surface area contributed by atoms with Gasteiger partial charge in [-0.2, -0.15) is 0 Å². The molecule has 25 heavy (non-hydrogen) atoms. The fourth-order valence-electron chi connectivity index (χ4n) is 6.63. The number of rotatable bonds is 3. The van der Waals surface area contributed by atoms with E-state index in [9.17, 15) is 5.11 Å². The maximum atomic E-state index is 12.1. The summed E-state index contributed by atoms with van der Waals surface area (Å²) in [4.78, 5) is 2.62. The van der Waals surface area contributed by atoms with Crippen molar-refractivity contribution in [1.29, 1.82) is 0 Å². The van der Waals surface area contributed by atoms with Crippen molar-refractivity contribution >= 4 is 0 Å². The van der Waals surface area contributed by atoms with Gasteiger partial charge in [0, 0.05) is 18.2 Å². The van der Waals surface area contributed by atoms with Gasteiger partial charge in [0.15, 0.2) is 11.5 Å². The van der Waals surface area contributed by atoms with Crippen molar-refractivity contribution in [3.8, 4) is 11.5 Å². The maximum Gasteiger partial charge on any atom is 0.165 e. The van der Waals surface area contributed by atoms with E-state index < -0.39 is 5.60 Å². The number of methoxy groups -OCH3 is 1. The van der Waals surface area contributed by atoms with Gasteiger partial charge in [0.2, 0.25) is 0 Å². The highest BCUT2D eigenvalue weighted by Crippen LogP contribution is 2.65. The molecule has 6 rings (SSSR count). The third-order valence-corrected chi connectivity index (χ3v) is 7.87. The lowest BCUT2D eigenvalue weighted by atomic mass is 9.49. The Balaban J connectivity index is 1.55. The minimum Gasteiger partial charge on any atom is -0.493 e. The predicted molar refractivity (Wildman–Crippen MR) is 94.3 cm³/mol. The molecule has 1 N–H and O–H groups in total. The Kier molecular flexibility index (Phi) is 2.80. The Morgan fingerprint density at radius 3 is 2.96 bits per heavy atom. The van der Waals surface area contributed by atoms with Crippen molar-refractivity contribution in [2.24, 2.45) is 5.92 Å². The molecule has 1 aromatic rings. The second kappa shape index (κ2) is 4.72. The van der Waals surface area contributed by atoms with Gasteiger partial charge < -0.3 is 14.6 Å². The molecule has 1 spiro atoms. The number of nitrogens with zero attached hydrogens (tertiary/aromatic N) is 1. The van der Waals surface area contributed by atoms with Crippen LogP contribution in [0.2, 0.25) is 0 Å². The van der Waals surface area contributed by atoms with Gasteiger partial charge in [-0.05, 0) is 69.0 Å². The van der Waals surface area contributed by atoms with E-state index >= 15 is 0 Å². The van der Waals surface area contributed by atoms with Crippen molar-refractivity contribution in [2.75, 3.05) is 20.2 Å². The molecule has 4 atom stereocenters. The summed E-state index contributed by atoms with van der Waals surface area (Å²) < 4.78 is 12.1. The van der Waals surface area contributed by atoms with Crippen molar-refractivity contribution in [3.05, 3.63) is 23.3 Å².